The minimum atomic E-state index is -4.80. The summed E-state index contributed by atoms with van der Waals surface area (Å²) in [4.78, 5) is 22.8. The van der Waals surface area contributed by atoms with Crippen LogP contribution in [0.3, 0.4) is 0 Å². The van der Waals surface area contributed by atoms with E-state index in [9.17, 15) is 27.2 Å². The van der Waals surface area contributed by atoms with Gasteiger partial charge in [0.15, 0.2) is 0 Å². The van der Waals surface area contributed by atoms with Crippen LogP contribution in [0.1, 0.15) is 22.8 Å². The predicted molar refractivity (Wildman–Crippen MR) is 68.8 cm³/mol. The van der Waals surface area contributed by atoms with Gasteiger partial charge < -0.3 is 10.6 Å². The van der Waals surface area contributed by atoms with Crippen molar-refractivity contribution in [3.8, 4) is 0 Å². The van der Waals surface area contributed by atoms with E-state index in [0.29, 0.717) is 12.1 Å². The standard InChI is InChI=1S/C13H14F4N2O2/c1-3-18-10(20)8-5-4-7(2)9(6-8)19-12(21)13(16,17)11(14)15/h4-6,11H,3H2,1-2H3,(H,18,20)(H,19,21). The zero-order valence-corrected chi connectivity index (χ0v) is 11.3. The Hall–Kier alpha value is -2.12. The normalized spacial score (nSPS) is 11.4. The lowest BCUT2D eigenvalue weighted by molar-refractivity contribution is -0.163. The van der Waals surface area contributed by atoms with Gasteiger partial charge in [-0.25, -0.2) is 8.78 Å². The van der Waals surface area contributed by atoms with Crippen LogP contribution in [0.5, 0.6) is 0 Å². The molecule has 0 aliphatic heterocycles. The van der Waals surface area contributed by atoms with Gasteiger partial charge in [-0.05, 0) is 31.5 Å². The number of amides is 2. The topological polar surface area (TPSA) is 58.2 Å². The lowest BCUT2D eigenvalue weighted by Gasteiger charge is -2.16. The van der Waals surface area contributed by atoms with Gasteiger partial charge in [-0.3, -0.25) is 9.59 Å². The van der Waals surface area contributed by atoms with Gasteiger partial charge in [-0.15, -0.1) is 0 Å². The first-order chi connectivity index (χ1) is 9.70. The van der Waals surface area contributed by atoms with Gasteiger partial charge in [0.05, 0.1) is 0 Å². The van der Waals surface area contributed by atoms with E-state index >= 15 is 0 Å². The molecule has 0 saturated heterocycles. The number of rotatable bonds is 5. The molecule has 0 atom stereocenters. The highest BCUT2D eigenvalue weighted by molar-refractivity contribution is 5.99. The minimum absolute atomic E-state index is 0.121. The zero-order valence-electron chi connectivity index (χ0n) is 11.3. The van der Waals surface area contributed by atoms with E-state index in [2.05, 4.69) is 5.32 Å². The maximum Gasteiger partial charge on any atom is 0.383 e. The van der Waals surface area contributed by atoms with Gasteiger partial charge in [-0.1, -0.05) is 6.07 Å². The van der Waals surface area contributed by atoms with Crippen LogP contribution in [-0.4, -0.2) is 30.7 Å². The molecule has 0 unspecified atom stereocenters. The van der Waals surface area contributed by atoms with Crippen LogP contribution >= 0.6 is 0 Å². The first kappa shape index (κ1) is 16.9. The Morgan fingerprint density at radius 2 is 1.90 bits per heavy atom. The Bertz CT molecular complexity index is 547. The van der Waals surface area contributed by atoms with E-state index in [1.165, 1.54) is 19.1 Å². The Balaban J connectivity index is 3.01. The summed E-state index contributed by atoms with van der Waals surface area (Å²) in [5.74, 6) is -7.38. The fourth-order valence-corrected chi connectivity index (χ4v) is 1.47. The third-order valence-electron chi connectivity index (χ3n) is 2.66. The van der Waals surface area contributed by atoms with Crippen molar-refractivity contribution in [1.29, 1.82) is 0 Å². The molecular formula is C13H14F4N2O2. The third-order valence-corrected chi connectivity index (χ3v) is 2.66. The van der Waals surface area contributed by atoms with E-state index in [-0.39, 0.29) is 11.3 Å². The second kappa shape index (κ2) is 6.55. The lowest BCUT2D eigenvalue weighted by Crippen LogP contribution is -2.41. The molecule has 1 aromatic rings. The second-order valence-electron chi connectivity index (χ2n) is 4.27. The molecule has 1 rings (SSSR count). The first-order valence-corrected chi connectivity index (χ1v) is 6.06. The molecular weight excluding hydrogens is 292 g/mol. The third kappa shape index (κ3) is 3.93. The van der Waals surface area contributed by atoms with Gasteiger partial charge in [0, 0.05) is 17.8 Å². The number of benzene rings is 1. The summed E-state index contributed by atoms with van der Waals surface area (Å²) >= 11 is 0. The van der Waals surface area contributed by atoms with Crippen molar-refractivity contribution in [2.45, 2.75) is 26.2 Å². The fraction of sp³-hybridized carbons (Fsp3) is 0.385. The summed E-state index contributed by atoms with van der Waals surface area (Å²) in [6.07, 6.45) is -4.11. The number of anilines is 1. The summed E-state index contributed by atoms with van der Waals surface area (Å²) in [5, 5.41) is 4.21. The van der Waals surface area contributed by atoms with Gasteiger partial charge in [0.1, 0.15) is 0 Å². The highest BCUT2D eigenvalue weighted by Crippen LogP contribution is 2.26. The molecule has 0 radical (unpaired) electrons. The number of hydrogen-bond acceptors (Lipinski definition) is 2. The highest BCUT2D eigenvalue weighted by Gasteiger charge is 2.49. The molecule has 116 valence electrons. The molecule has 21 heavy (non-hydrogen) atoms. The first-order valence-electron chi connectivity index (χ1n) is 6.06. The Morgan fingerprint density at radius 3 is 2.43 bits per heavy atom. The Morgan fingerprint density at radius 1 is 1.29 bits per heavy atom. The number of carbonyl (C=O) groups excluding carboxylic acids is 2. The van der Waals surface area contributed by atoms with E-state index in [1.54, 1.807) is 12.2 Å². The van der Waals surface area contributed by atoms with Gasteiger partial charge in [-0.2, -0.15) is 8.78 Å². The van der Waals surface area contributed by atoms with Crippen LogP contribution < -0.4 is 10.6 Å². The smallest absolute Gasteiger partial charge is 0.352 e. The van der Waals surface area contributed by atoms with Gasteiger partial charge in [0.25, 0.3) is 5.91 Å². The molecule has 2 amide bonds. The van der Waals surface area contributed by atoms with Crippen LogP contribution in [0.2, 0.25) is 0 Å². The van der Waals surface area contributed by atoms with Crippen LogP contribution in [-0.2, 0) is 4.79 Å². The summed E-state index contributed by atoms with van der Waals surface area (Å²) in [6.45, 7) is 3.54. The molecule has 4 nitrogen and oxygen atoms in total. The van der Waals surface area contributed by atoms with E-state index < -0.39 is 24.2 Å². The number of hydrogen-bond donors (Lipinski definition) is 2. The molecule has 1 aromatic carbocycles. The molecule has 0 bridgehead atoms. The van der Waals surface area contributed by atoms with Crippen LogP contribution in [0, 0.1) is 6.92 Å². The quantitative estimate of drug-likeness (QED) is 0.822. The zero-order chi connectivity index (χ0) is 16.2. The molecule has 0 aliphatic carbocycles. The van der Waals surface area contributed by atoms with Crippen molar-refractivity contribution in [3.63, 3.8) is 0 Å². The Kier molecular flexibility index (Phi) is 5.28. The molecule has 0 spiro atoms. The van der Waals surface area contributed by atoms with E-state index in [4.69, 9.17) is 0 Å². The second-order valence-corrected chi connectivity index (χ2v) is 4.27. The Labute approximate surface area is 118 Å². The van der Waals surface area contributed by atoms with Gasteiger partial charge in [0.2, 0.25) is 0 Å². The number of carbonyl (C=O) groups is 2. The van der Waals surface area contributed by atoms with Gasteiger partial charge >= 0.3 is 18.3 Å². The molecule has 0 aliphatic rings. The van der Waals surface area contributed by atoms with Crippen molar-refractivity contribution in [2.75, 3.05) is 11.9 Å². The van der Waals surface area contributed by atoms with Crippen LogP contribution in [0.25, 0.3) is 0 Å². The molecule has 0 aromatic heterocycles. The number of halogens is 4. The molecule has 0 fully saturated rings. The maximum absolute atomic E-state index is 12.9. The summed E-state index contributed by atoms with van der Waals surface area (Å²) in [6, 6.07) is 4.00. The van der Waals surface area contributed by atoms with Crippen molar-refractivity contribution >= 4 is 17.5 Å². The van der Waals surface area contributed by atoms with Crippen molar-refractivity contribution in [2.24, 2.45) is 0 Å². The average Bonchev–Trinajstić information content (AvgIpc) is 2.41. The predicted octanol–water partition coefficient (Wildman–Crippen LogP) is 2.58. The van der Waals surface area contributed by atoms with Crippen LogP contribution in [0.15, 0.2) is 18.2 Å². The largest absolute Gasteiger partial charge is 0.383 e. The lowest BCUT2D eigenvalue weighted by atomic mass is 10.1. The SMILES string of the molecule is CCNC(=O)c1ccc(C)c(NC(=O)C(F)(F)C(F)F)c1. The minimum Gasteiger partial charge on any atom is -0.352 e. The highest BCUT2D eigenvalue weighted by atomic mass is 19.3. The molecule has 0 heterocycles. The fourth-order valence-electron chi connectivity index (χ4n) is 1.47. The summed E-state index contributed by atoms with van der Waals surface area (Å²) < 4.78 is 50.0. The van der Waals surface area contributed by atoms with E-state index in [0.717, 1.165) is 6.07 Å². The molecule has 0 saturated carbocycles. The number of aryl methyl sites for hydroxylation is 1. The summed E-state index contributed by atoms with van der Waals surface area (Å²) in [7, 11) is 0. The number of alkyl halides is 4. The van der Waals surface area contributed by atoms with Crippen molar-refractivity contribution in [1.82, 2.24) is 5.32 Å². The monoisotopic (exact) mass is 306 g/mol. The van der Waals surface area contributed by atoms with Crippen LogP contribution in [0.4, 0.5) is 23.2 Å². The van der Waals surface area contributed by atoms with E-state index in [1.807, 2.05) is 0 Å². The van der Waals surface area contributed by atoms with Crippen molar-refractivity contribution < 1.29 is 27.2 Å². The molecule has 8 heteroatoms. The van der Waals surface area contributed by atoms with Crippen molar-refractivity contribution in [3.05, 3.63) is 29.3 Å². The average molecular weight is 306 g/mol. The molecule has 2 N–H and O–H groups in total. The number of nitrogens with one attached hydrogen (secondary N) is 2. The summed E-state index contributed by atoms with van der Waals surface area (Å²) in [5.41, 5.74) is 0.364. The maximum atomic E-state index is 12.9.